The Balaban J connectivity index is 0.00000576. The number of aliphatic imine (C=N–C) groups is 1. The summed E-state index contributed by atoms with van der Waals surface area (Å²) in [7, 11) is 1.41. The number of nitrogens with zero attached hydrogens (tertiary/aromatic N) is 2. The number of methoxy groups -OCH3 is 1. The molecule has 1 saturated heterocycles. The summed E-state index contributed by atoms with van der Waals surface area (Å²) in [5.74, 6) is 1.15. The molecule has 0 amide bonds. The van der Waals surface area contributed by atoms with Crippen molar-refractivity contribution in [1.82, 2.24) is 15.5 Å². The van der Waals surface area contributed by atoms with E-state index < -0.39 is 0 Å². The quantitative estimate of drug-likeness (QED) is 0.248. The van der Waals surface area contributed by atoms with E-state index in [0.717, 1.165) is 19.0 Å². The summed E-state index contributed by atoms with van der Waals surface area (Å²) >= 11 is 0. The molecule has 1 unspecified atom stereocenters. The Hall–Kier alpha value is -0.570. The van der Waals surface area contributed by atoms with Crippen molar-refractivity contribution in [3.63, 3.8) is 0 Å². The molecule has 1 fully saturated rings. The van der Waals surface area contributed by atoms with E-state index in [1.54, 1.807) is 0 Å². The second-order valence-electron chi connectivity index (χ2n) is 6.73. The number of halogens is 1. The number of ether oxygens (including phenoxy) is 1. The van der Waals surface area contributed by atoms with E-state index in [0.29, 0.717) is 24.9 Å². The van der Waals surface area contributed by atoms with Crippen LogP contribution in [0.1, 0.15) is 52.9 Å². The largest absolute Gasteiger partial charge is 0.469 e. The maximum atomic E-state index is 11.2. The van der Waals surface area contributed by atoms with Gasteiger partial charge in [0.25, 0.3) is 0 Å². The van der Waals surface area contributed by atoms with E-state index in [2.05, 4.69) is 34.1 Å². The summed E-state index contributed by atoms with van der Waals surface area (Å²) in [5, 5.41) is 6.47. The molecule has 25 heavy (non-hydrogen) atoms. The molecule has 0 radical (unpaired) electrons. The summed E-state index contributed by atoms with van der Waals surface area (Å²) < 4.78 is 4.67. The van der Waals surface area contributed by atoms with Crippen LogP contribution < -0.4 is 10.6 Å². The average Bonchev–Trinajstić information content (AvgIpc) is 2.83. The highest BCUT2D eigenvalue weighted by molar-refractivity contribution is 14.0. The lowest BCUT2D eigenvalue weighted by atomic mass is 10.0. The van der Waals surface area contributed by atoms with Crippen molar-refractivity contribution in [2.75, 3.05) is 39.8 Å². The molecule has 1 rings (SSSR count). The third-order valence-electron chi connectivity index (χ3n) is 4.51. The standard InChI is InChI=1S/C18H36N4O2.HI/c1-5-19-18(20-11-10-17(23)24-4)21-14-16(15(2)3)22-12-8-6-7-9-13-22;/h15-16H,5-14H2,1-4H3,(H2,19,20,21);1H. The maximum Gasteiger partial charge on any atom is 0.307 e. The van der Waals surface area contributed by atoms with E-state index in [-0.39, 0.29) is 29.9 Å². The highest BCUT2D eigenvalue weighted by Crippen LogP contribution is 2.17. The molecular formula is C18H37IN4O2. The molecule has 6 nitrogen and oxygen atoms in total. The molecule has 0 spiro atoms. The van der Waals surface area contributed by atoms with Crippen molar-refractivity contribution < 1.29 is 9.53 Å². The number of carbonyl (C=O) groups excluding carboxylic acids is 1. The van der Waals surface area contributed by atoms with Crippen LogP contribution in [0.25, 0.3) is 0 Å². The Morgan fingerprint density at radius 1 is 1.16 bits per heavy atom. The third-order valence-corrected chi connectivity index (χ3v) is 4.51. The fraction of sp³-hybridized carbons (Fsp3) is 0.889. The van der Waals surface area contributed by atoms with Gasteiger partial charge in [-0.15, -0.1) is 24.0 Å². The molecule has 0 aliphatic carbocycles. The number of nitrogens with one attached hydrogen (secondary N) is 2. The van der Waals surface area contributed by atoms with Gasteiger partial charge in [0.1, 0.15) is 0 Å². The smallest absolute Gasteiger partial charge is 0.307 e. The lowest BCUT2D eigenvalue weighted by molar-refractivity contribution is -0.140. The van der Waals surface area contributed by atoms with Gasteiger partial charge in [0, 0.05) is 19.1 Å². The van der Waals surface area contributed by atoms with E-state index >= 15 is 0 Å². The van der Waals surface area contributed by atoms with Crippen molar-refractivity contribution in [2.24, 2.45) is 10.9 Å². The summed E-state index contributed by atoms with van der Waals surface area (Å²) in [5.41, 5.74) is 0. The van der Waals surface area contributed by atoms with Gasteiger partial charge in [-0.1, -0.05) is 26.7 Å². The van der Waals surface area contributed by atoms with Crippen LogP contribution in [-0.4, -0.2) is 62.7 Å². The van der Waals surface area contributed by atoms with Crippen LogP contribution >= 0.6 is 24.0 Å². The molecule has 1 heterocycles. The SMILES string of the molecule is CCNC(=NCC(C(C)C)N1CCCCCC1)NCCC(=O)OC.I. The summed E-state index contributed by atoms with van der Waals surface area (Å²) in [6.07, 6.45) is 5.64. The van der Waals surface area contributed by atoms with Gasteiger partial charge in [-0.25, -0.2) is 0 Å². The van der Waals surface area contributed by atoms with Gasteiger partial charge in [0.05, 0.1) is 20.1 Å². The van der Waals surface area contributed by atoms with Gasteiger partial charge in [0.2, 0.25) is 0 Å². The first-order chi connectivity index (χ1) is 11.6. The van der Waals surface area contributed by atoms with Gasteiger partial charge in [-0.3, -0.25) is 14.7 Å². The third kappa shape index (κ3) is 10.2. The van der Waals surface area contributed by atoms with E-state index in [1.807, 2.05) is 6.92 Å². The maximum absolute atomic E-state index is 11.2. The van der Waals surface area contributed by atoms with Crippen LogP contribution in [0.5, 0.6) is 0 Å². The van der Waals surface area contributed by atoms with Crippen LogP contribution in [0, 0.1) is 5.92 Å². The first kappa shape index (κ1) is 24.4. The number of carbonyl (C=O) groups is 1. The molecule has 0 bridgehead atoms. The lowest BCUT2D eigenvalue weighted by Crippen LogP contribution is -2.44. The van der Waals surface area contributed by atoms with Crippen molar-refractivity contribution in [2.45, 2.75) is 58.9 Å². The minimum Gasteiger partial charge on any atom is -0.469 e. The number of hydrogen-bond acceptors (Lipinski definition) is 4. The van der Waals surface area contributed by atoms with Gasteiger partial charge in [0.15, 0.2) is 5.96 Å². The average molecular weight is 468 g/mol. The van der Waals surface area contributed by atoms with Gasteiger partial charge >= 0.3 is 5.97 Å². The van der Waals surface area contributed by atoms with Crippen LogP contribution in [-0.2, 0) is 9.53 Å². The Morgan fingerprint density at radius 2 is 1.80 bits per heavy atom. The highest BCUT2D eigenvalue weighted by Gasteiger charge is 2.22. The predicted molar refractivity (Wildman–Crippen MR) is 115 cm³/mol. The second-order valence-corrected chi connectivity index (χ2v) is 6.73. The molecule has 1 aliphatic heterocycles. The molecule has 1 aliphatic rings. The first-order valence-electron chi connectivity index (χ1n) is 9.41. The number of likely N-dealkylation sites (tertiary alicyclic amines) is 1. The monoisotopic (exact) mass is 468 g/mol. The molecule has 148 valence electrons. The number of rotatable bonds is 8. The fourth-order valence-corrected chi connectivity index (χ4v) is 3.09. The highest BCUT2D eigenvalue weighted by atomic mass is 127. The van der Waals surface area contributed by atoms with Crippen LogP contribution in [0.15, 0.2) is 4.99 Å². The van der Waals surface area contributed by atoms with Crippen molar-refractivity contribution in [3.8, 4) is 0 Å². The van der Waals surface area contributed by atoms with Crippen molar-refractivity contribution >= 4 is 35.9 Å². The molecule has 2 N–H and O–H groups in total. The molecule has 0 aromatic rings. The molecular weight excluding hydrogens is 431 g/mol. The van der Waals surface area contributed by atoms with Crippen molar-refractivity contribution in [1.29, 1.82) is 0 Å². The van der Waals surface area contributed by atoms with E-state index in [4.69, 9.17) is 4.99 Å². The topological polar surface area (TPSA) is 66.0 Å². The zero-order valence-corrected chi connectivity index (χ0v) is 18.7. The van der Waals surface area contributed by atoms with Gasteiger partial charge in [-0.2, -0.15) is 0 Å². The molecule has 7 heteroatoms. The van der Waals surface area contributed by atoms with Gasteiger partial charge < -0.3 is 15.4 Å². The number of esters is 1. The molecule has 0 saturated carbocycles. The zero-order valence-electron chi connectivity index (χ0n) is 16.3. The summed E-state index contributed by atoms with van der Waals surface area (Å²) in [6, 6.07) is 0.471. The number of guanidine groups is 1. The van der Waals surface area contributed by atoms with E-state index in [9.17, 15) is 4.79 Å². The summed E-state index contributed by atoms with van der Waals surface area (Å²) in [6.45, 7) is 11.1. The Labute approximate surface area is 170 Å². The van der Waals surface area contributed by atoms with Crippen molar-refractivity contribution in [3.05, 3.63) is 0 Å². The molecule has 0 aromatic heterocycles. The Morgan fingerprint density at radius 3 is 2.32 bits per heavy atom. The molecule has 0 aromatic carbocycles. The fourth-order valence-electron chi connectivity index (χ4n) is 3.09. The predicted octanol–water partition coefficient (Wildman–Crippen LogP) is 2.62. The first-order valence-corrected chi connectivity index (χ1v) is 9.41. The zero-order chi connectivity index (χ0) is 17.8. The normalized spacial score (nSPS) is 17.4. The number of hydrogen-bond donors (Lipinski definition) is 2. The van der Waals surface area contributed by atoms with Crippen LogP contribution in [0.3, 0.4) is 0 Å². The minimum absolute atomic E-state index is 0. The molecule has 1 atom stereocenters. The van der Waals surface area contributed by atoms with Crippen LogP contribution in [0.4, 0.5) is 0 Å². The van der Waals surface area contributed by atoms with E-state index in [1.165, 1.54) is 45.9 Å². The second kappa shape index (κ2) is 14.6. The van der Waals surface area contributed by atoms with Gasteiger partial charge in [-0.05, 0) is 38.8 Å². The lowest BCUT2D eigenvalue weighted by Gasteiger charge is -2.32. The Bertz CT molecular complexity index is 383. The minimum atomic E-state index is -0.206. The summed E-state index contributed by atoms with van der Waals surface area (Å²) in [4.78, 5) is 18.6. The Kier molecular flexibility index (Phi) is 14.3. The van der Waals surface area contributed by atoms with Crippen LogP contribution in [0.2, 0.25) is 0 Å².